The summed E-state index contributed by atoms with van der Waals surface area (Å²) in [5.41, 5.74) is 3.05. The SMILES string of the molecule is O=C(Cn1c2ccccc2c(=O)c2ccccc21)NCc1ccc(C(=O)N2CCCC2)cc1. The first kappa shape index (κ1) is 20.9. The molecule has 0 atom stereocenters. The molecule has 1 aromatic heterocycles. The minimum atomic E-state index is -0.147. The number of pyridine rings is 1. The van der Waals surface area contributed by atoms with Crippen LogP contribution >= 0.6 is 0 Å². The molecule has 1 N–H and O–H groups in total. The van der Waals surface area contributed by atoms with E-state index in [1.807, 2.05) is 70.1 Å². The van der Waals surface area contributed by atoms with Gasteiger partial charge in [0.25, 0.3) is 5.91 Å². The van der Waals surface area contributed by atoms with Gasteiger partial charge in [-0.1, -0.05) is 36.4 Å². The van der Waals surface area contributed by atoms with Crippen LogP contribution in [0.4, 0.5) is 0 Å². The Labute approximate surface area is 191 Å². The van der Waals surface area contributed by atoms with E-state index in [2.05, 4.69) is 5.32 Å². The summed E-state index contributed by atoms with van der Waals surface area (Å²) >= 11 is 0. The van der Waals surface area contributed by atoms with Gasteiger partial charge in [-0.2, -0.15) is 0 Å². The highest BCUT2D eigenvalue weighted by atomic mass is 16.2. The van der Waals surface area contributed by atoms with Crippen molar-refractivity contribution < 1.29 is 9.59 Å². The molecule has 6 heteroatoms. The molecule has 1 saturated heterocycles. The number of hydrogen-bond donors (Lipinski definition) is 1. The van der Waals surface area contributed by atoms with Gasteiger partial charge in [0.1, 0.15) is 6.54 Å². The number of nitrogens with zero attached hydrogens (tertiary/aromatic N) is 2. The number of benzene rings is 3. The Morgan fingerprint density at radius 3 is 1.97 bits per heavy atom. The molecule has 1 aliphatic rings. The third-order valence-electron chi connectivity index (χ3n) is 6.26. The Hall–Kier alpha value is -3.93. The van der Waals surface area contributed by atoms with Crippen molar-refractivity contribution >= 4 is 33.6 Å². The maximum absolute atomic E-state index is 12.9. The Bertz CT molecular complexity index is 1340. The van der Waals surface area contributed by atoms with E-state index in [9.17, 15) is 14.4 Å². The van der Waals surface area contributed by atoms with Crippen LogP contribution in [0.2, 0.25) is 0 Å². The summed E-state index contributed by atoms with van der Waals surface area (Å²) in [4.78, 5) is 40.1. The average molecular weight is 440 g/mol. The first-order valence-corrected chi connectivity index (χ1v) is 11.3. The van der Waals surface area contributed by atoms with Crippen molar-refractivity contribution in [3.8, 4) is 0 Å². The van der Waals surface area contributed by atoms with E-state index in [-0.39, 0.29) is 23.8 Å². The van der Waals surface area contributed by atoms with E-state index in [4.69, 9.17) is 0 Å². The van der Waals surface area contributed by atoms with Crippen LogP contribution in [0.25, 0.3) is 21.8 Å². The Morgan fingerprint density at radius 1 is 0.788 bits per heavy atom. The summed E-state index contributed by atoms with van der Waals surface area (Å²) < 4.78 is 1.89. The van der Waals surface area contributed by atoms with E-state index in [0.29, 0.717) is 22.9 Å². The maximum Gasteiger partial charge on any atom is 0.253 e. The van der Waals surface area contributed by atoms with Gasteiger partial charge in [-0.15, -0.1) is 0 Å². The zero-order valence-corrected chi connectivity index (χ0v) is 18.3. The lowest BCUT2D eigenvalue weighted by Crippen LogP contribution is -2.28. The highest BCUT2D eigenvalue weighted by Crippen LogP contribution is 2.19. The van der Waals surface area contributed by atoms with Crippen LogP contribution in [0, 0.1) is 0 Å². The fourth-order valence-electron chi connectivity index (χ4n) is 4.52. The van der Waals surface area contributed by atoms with Gasteiger partial charge in [0, 0.05) is 36.0 Å². The van der Waals surface area contributed by atoms with Crippen molar-refractivity contribution in [1.82, 2.24) is 14.8 Å². The number of rotatable bonds is 5. The predicted molar refractivity (Wildman–Crippen MR) is 129 cm³/mol. The van der Waals surface area contributed by atoms with Gasteiger partial charge in [-0.05, 0) is 54.8 Å². The number of hydrogen-bond acceptors (Lipinski definition) is 3. The average Bonchev–Trinajstić information content (AvgIpc) is 3.40. The monoisotopic (exact) mass is 439 g/mol. The molecular weight excluding hydrogens is 414 g/mol. The molecule has 0 bridgehead atoms. The smallest absolute Gasteiger partial charge is 0.253 e. The van der Waals surface area contributed by atoms with Crippen molar-refractivity contribution in [2.24, 2.45) is 0 Å². The van der Waals surface area contributed by atoms with Crippen molar-refractivity contribution in [3.63, 3.8) is 0 Å². The third kappa shape index (κ3) is 4.12. The Balaban J connectivity index is 1.32. The van der Waals surface area contributed by atoms with E-state index >= 15 is 0 Å². The lowest BCUT2D eigenvalue weighted by molar-refractivity contribution is -0.121. The number of fused-ring (bicyclic) bond motifs is 2. The second-order valence-corrected chi connectivity index (χ2v) is 8.42. The molecule has 3 aromatic carbocycles. The van der Waals surface area contributed by atoms with Crippen LogP contribution in [-0.4, -0.2) is 34.4 Å². The molecule has 6 nitrogen and oxygen atoms in total. The lowest BCUT2D eigenvalue weighted by atomic mass is 10.1. The van der Waals surface area contributed by atoms with Gasteiger partial charge in [-0.25, -0.2) is 0 Å². The molecule has 0 spiro atoms. The van der Waals surface area contributed by atoms with E-state index in [0.717, 1.165) is 42.5 Å². The fraction of sp³-hybridized carbons (Fsp3) is 0.222. The first-order valence-electron chi connectivity index (χ1n) is 11.3. The molecule has 1 fully saturated rings. The summed E-state index contributed by atoms with van der Waals surface area (Å²) in [6.45, 7) is 2.12. The van der Waals surface area contributed by atoms with Crippen LogP contribution in [-0.2, 0) is 17.9 Å². The van der Waals surface area contributed by atoms with Gasteiger partial charge in [-0.3, -0.25) is 14.4 Å². The van der Waals surface area contributed by atoms with Crippen LogP contribution < -0.4 is 10.7 Å². The minimum absolute atomic E-state index is 0.0265. The van der Waals surface area contributed by atoms with Gasteiger partial charge in [0.05, 0.1) is 11.0 Å². The number of likely N-dealkylation sites (tertiary alicyclic amines) is 1. The van der Waals surface area contributed by atoms with Crippen molar-refractivity contribution in [2.45, 2.75) is 25.9 Å². The van der Waals surface area contributed by atoms with Crippen LogP contribution in [0.5, 0.6) is 0 Å². The van der Waals surface area contributed by atoms with Crippen molar-refractivity contribution in [1.29, 1.82) is 0 Å². The van der Waals surface area contributed by atoms with E-state index in [1.54, 1.807) is 12.1 Å². The molecular formula is C27H25N3O3. The first-order chi connectivity index (χ1) is 16.1. The molecule has 0 saturated carbocycles. The molecule has 0 unspecified atom stereocenters. The van der Waals surface area contributed by atoms with E-state index < -0.39 is 0 Å². The predicted octanol–water partition coefficient (Wildman–Crippen LogP) is 3.71. The summed E-state index contributed by atoms with van der Waals surface area (Å²) in [6.07, 6.45) is 2.13. The standard InChI is InChI=1S/C27H25N3O3/c31-25(28-17-19-11-13-20(14-12-19)27(33)29-15-5-6-16-29)18-30-23-9-3-1-7-21(23)26(32)22-8-2-4-10-24(22)30/h1-4,7-14H,5-6,15-18H2,(H,28,31). The minimum Gasteiger partial charge on any atom is -0.350 e. The molecule has 1 aliphatic heterocycles. The summed E-state index contributed by atoms with van der Waals surface area (Å²) in [7, 11) is 0. The number of amides is 2. The second-order valence-electron chi connectivity index (χ2n) is 8.42. The molecule has 166 valence electrons. The summed E-state index contributed by atoms with van der Waals surface area (Å²) in [5.74, 6) is -0.0776. The number of aromatic nitrogens is 1. The molecule has 33 heavy (non-hydrogen) atoms. The number of para-hydroxylation sites is 2. The molecule has 0 aliphatic carbocycles. The van der Waals surface area contributed by atoms with Gasteiger partial charge in [0.2, 0.25) is 5.91 Å². The summed E-state index contributed by atoms with van der Waals surface area (Å²) in [6, 6.07) is 22.2. The van der Waals surface area contributed by atoms with Crippen LogP contribution in [0.1, 0.15) is 28.8 Å². The van der Waals surface area contributed by atoms with Gasteiger partial charge in [0.15, 0.2) is 5.43 Å². The lowest BCUT2D eigenvalue weighted by Gasteiger charge is -2.16. The highest BCUT2D eigenvalue weighted by Gasteiger charge is 2.19. The third-order valence-corrected chi connectivity index (χ3v) is 6.26. The van der Waals surface area contributed by atoms with Gasteiger partial charge < -0.3 is 14.8 Å². The van der Waals surface area contributed by atoms with E-state index in [1.165, 1.54) is 0 Å². The zero-order chi connectivity index (χ0) is 22.8. The molecule has 0 radical (unpaired) electrons. The second kappa shape index (κ2) is 8.90. The highest BCUT2D eigenvalue weighted by molar-refractivity contribution is 5.95. The van der Waals surface area contributed by atoms with Crippen molar-refractivity contribution in [2.75, 3.05) is 13.1 Å². The summed E-state index contributed by atoms with van der Waals surface area (Å²) in [5, 5.41) is 4.16. The number of carbonyl (C=O) groups excluding carboxylic acids is 2. The topological polar surface area (TPSA) is 71.4 Å². The number of carbonyl (C=O) groups is 2. The normalized spacial score (nSPS) is 13.5. The Morgan fingerprint density at radius 2 is 1.36 bits per heavy atom. The quantitative estimate of drug-likeness (QED) is 0.482. The zero-order valence-electron chi connectivity index (χ0n) is 18.3. The van der Waals surface area contributed by atoms with Gasteiger partial charge >= 0.3 is 0 Å². The largest absolute Gasteiger partial charge is 0.350 e. The Kier molecular flexibility index (Phi) is 5.65. The molecule has 2 heterocycles. The number of nitrogens with one attached hydrogen (secondary N) is 1. The maximum atomic E-state index is 12.9. The van der Waals surface area contributed by atoms with Crippen LogP contribution in [0.3, 0.4) is 0 Å². The molecule has 2 amide bonds. The fourth-order valence-corrected chi connectivity index (χ4v) is 4.52. The molecule has 4 aromatic rings. The van der Waals surface area contributed by atoms with Crippen LogP contribution in [0.15, 0.2) is 77.6 Å². The molecule has 5 rings (SSSR count). The van der Waals surface area contributed by atoms with Crippen molar-refractivity contribution in [3.05, 3.63) is 94.1 Å².